The van der Waals surface area contributed by atoms with Gasteiger partial charge in [-0.1, -0.05) is 0 Å². The lowest BCUT2D eigenvalue weighted by molar-refractivity contribution is 0.000789. The highest BCUT2D eigenvalue weighted by atomic mass is 19.2. The van der Waals surface area contributed by atoms with Gasteiger partial charge in [-0.15, -0.1) is 0 Å². The van der Waals surface area contributed by atoms with Crippen LogP contribution in [0.15, 0.2) is 30.6 Å². The minimum Gasteiger partial charge on any atom is -0.487 e. The van der Waals surface area contributed by atoms with Crippen molar-refractivity contribution in [3.63, 3.8) is 0 Å². The van der Waals surface area contributed by atoms with Crippen LogP contribution < -0.4 is 15.0 Å². The summed E-state index contributed by atoms with van der Waals surface area (Å²) in [6.07, 6.45) is 3.50. The Morgan fingerprint density at radius 1 is 1.07 bits per heavy atom. The van der Waals surface area contributed by atoms with Crippen molar-refractivity contribution < 1.29 is 27.4 Å². The van der Waals surface area contributed by atoms with Gasteiger partial charge in [0.25, 0.3) is 0 Å². The molecule has 7 rings (SSSR count). The average molecular weight is 557 g/mol. The highest BCUT2D eigenvalue weighted by Crippen LogP contribution is 2.41. The average Bonchev–Trinajstić information content (AvgIpc) is 3.67. The van der Waals surface area contributed by atoms with Crippen molar-refractivity contribution in [3.05, 3.63) is 42.2 Å². The third-order valence-corrected chi connectivity index (χ3v) is 7.50. The second-order valence-corrected chi connectivity index (χ2v) is 11.7. The quantitative estimate of drug-likeness (QED) is 0.425. The first-order valence-electron chi connectivity index (χ1n) is 13.4. The van der Waals surface area contributed by atoms with Crippen molar-refractivity contribution in [1.82, 2.24) is 19.9 Å². The van der Waals surface area contributed by atoms with Crippen LogP contribution in [0.3, 0.4) is 0 Å². The van der Waals surface area contributed by atoms with Gasteiger partial charge < -0.3 is 24.6 Å². The number of aromatic nitrogens is 3. The second-order valence-electron chi connectivity index (χ2n) is 11.7. The molecule has 3 saturated heterocycles. The minimum atomic E-state index is -1.45. The molecule has 2 atom stereocenters. The van der Waals surface area contributed by atoms with Crippen LogP contribution in [0.5, 0.6) is 5.75 Å². The Labute approximate surface area is 229 Å². The van der Waals surface area contributed by atoms with Crippen LogP contribution in [0.4, 0.5) is 35.3 Å². The van der Waals surface area contributed by atoms with Crippen LogP contribution in [0, 0.1) is 11.6 Å². The number of piperidine rings is 2. The second kappa shape index (κ2) is 9.67. The van der Waals surface area contributed by atoms with Gasteiger partial charge in [0.1, 0.15) is 35.5 Å². The summed E-state index contributed by atoms with van der Waals surface area (Å²) in [5, 5.41) is 2.83. The predicted molar refractivity (Wildman–Crippen MR) is 143 cm³/mol. The van der Waals surface area contributed by atoms with Crippen molar-refractivity contribution in [2.24, 2.45) is 0 Å². The van der Waals surface area contributed by atoms with Crippen molar-refractivity contribution in [1.29, 1.82) is 0 Å². The van der Waals surface area contributed by atoms with E-state index in [0.717, 1.165) is 12.8 Å². The molecule has 1 N–H and O–H groups in total. The van der Waals surface area contributed by atoms with E-state index < -0.39 is 22.9 Å². The maximum atomic E-state index is 14.9. The van der Waals surface area contributed by atoms with E-state index >= 15 is 0 Å². The van der Waals surface area contributed by atoms with E-state index in [4.69, 9.17) is 14.5 Å². The van der Waals surface area contributed by atoms with Crippen LogP contribution in [0.25, 0.3) is 11.0 Å². The van der Waals surface area contributed by atoms with E-state index in [9.17, 15) is 18.0 Å². The number of nitrogens with zero attached hydrogens (tertiary/aromatic N) is 5. The van der Waals surface area contributed by atoms with Gasteiger partial charge in [-0.3, -0.25) is 0 Å². The molecule has 1 aromatic carbocycles. The van der Waals surface area contributed by atoms with Crippen LogP contribution in [0.1, 0.15) is 46.5 Å². The fourth-order valence-corrected chi connectivity index (χ4v) is 5.19. The lowest BCUT2D eigenvalue weighted by atomic mass is 9.91. The Hall–Kier alpha value is -3.83. The van der Waals surface area contributed by atoms with Gasteiger partial charge in [-0.05, 0) is 70.7 Å². The summed E-state index contributed by atoms with van der Waals surface area (Å²) in [5.74, 6) is -1.84. The maximum Gasteiger partial charge on any atom is 0.410 e. The highest BCUT2D eigenvalue weighted by molar-refractivity contribution is 5.88. The molecule has 4 fully saturated rings. The van der Waals surface area contributed by atoms with Gasteiger partial charge in [-0.25, -0.2) is 28.5 Å². The third kappa shape index (κ3) is 5.18. The molecule has 3 aromatic rings. The van der Waals surface area contributed by atoms with Gasteiger partial charge >= 0.3 is 6.09 Å². The first kappa shape index (κ1) is 26.4. The van der Waals surface area contributed by atoms with Gasteiger partial charge in [0, 0.05) is 19.1 Å². The molecule has 5 heterocycles. The number of benzene rings is 1. The summed E-state index contributed by atoms with van der Waals surface area (Å²) in [4.78, 5) is 30.0. The Morgan fingerprint density at radius 2 is 1.85 bits per heavy atom. The number of carbonyl (C=O) groups is 1. The number of fused-ring (bicyclic) bond motifs is 4. The van der Waals surface area contributed by atoms with E-state index in [-0.39, 0.29) is 42.0 Å². The Balaban J connectivity index is 1.22. The molecule has 1 aliphatic carbocycles. The standard InChI is InChI=1S/C28H31F3N6O3/c1-27(2,3)40-26(38)37-13-16-4-5-17(37)12-36(16)21-9-7-19-24(35-21)25(33-15-32-19)34-18-6-8-20(23(30)22(18)29)39-14-28(31)10-11-28/h6-9,15-17H,4-5,10-14H2,1-3H3,(H,32,33,34)/t16?,17-/m0/s1. The molecule has 1 amide bonds. The summed E-state index contributed by atoms with van der Waals surface area (Å²) < 4.78 is 54.3. The molecule has 9 nitrogen and oxygen atoms in total. The normalized spacial score (nSPS) is 21.4. The molecule has 2 bridgehead atoms. The van der Waals surface area contributed by atoms with Crippen LogP contribution in [-0.4, -0.2) is 69.0 Å². The van der Waals surface area contributed by atoms with E-state index in [1.54, 1.807) is 11.0 Å². The number of nitrogens with one attached hydrogen (secondary N) is 1. The first-order chi connectivity index (χ1) is 19.0. The van der Waals surface area contributed by atoms with Crippen LogP contribution in [0.2, 0.25) is 0 Å². The molecule has 4 aliphatic rings. The summed E-state index contributed by atoms with van der Waals surface area (Å²) in [5.41, 5.74) is -1.27. The largest absolute Gasteiger partial charge is 0.487 e. The fraction of sp³-hybridized carbons (Fsp3) is 0.500. The van der Waals surface area contributed by atoms with Crippen molar-refractivity contribution in [3.8, 4) is 5.75 Å². The molecule has 1 unspecified atom stereocenters. The summed E-state index contributed by atoms with van der Waals surface area (Å²) in [7, 11) is 0. The van der Waals surface area contributed by atoms with E-state index in [1.165, 1.54) is 18.5 Å². The highest BCUT2D eigenvalue weighted by Gasteiger charge is 2.45. The van der Waals surface area contributed by atoms with Gasteiger partial charge in [0.15, 0.2) is 17.4 Å². The molecule has 0 spiro atoms. The van der Waals surface area contributed by atoms with Gasteiger partial charge in [-0.2, -0.15) is 4.39 Å². The minimum absolute atomic E-state index is 0.00744. The van der Waals surface area contributed by atoms with Crippen molar-refractivity contribution in [2.45, 2.75) is 69.8 Å². The molecular weight excluding hydrogens is 525 g/mol. The fourth-order valence-electron chi connectivity index (χ4n) is 5.19. The zero-order chi connectivity index (χ0) is 28.2. The number of anilines is 3. The van der Waals surface area contributed by atoms with Gasteiger partial charge in [0.05, 0.1) is 17.2 Å². The van der Waals surface area contributed by atoms with E-state index in [2.05, 4.69) is 20.2 Å². The van der Waals surface area contributed by atoms with E-state index in [1.807, 2.05) is 26.8 Å². The number of ether oxygens (including phenoxy) is 2. The molecule has 12 heteroatoms. The van der Waals surface area contributed by atoms with E-state index in [0.29, 0.717) is 42.8 Å². The van der Waals surface area contributed by atoms with Gasteiger partial charge in [0.2, 0.25) is 5.82 Å². The van der Waals surface area contributed by atoms with Crippen LogP contribution >= 0.6 is 0 Å². The number of piperazine rings is 1. The number of alkyl halides is 1. The number of hydrogen-bond donors (Lipinski definition) is 1. The third-order valence-electron chi connectivity index (χ3n) is 7.50. The molecule has 3 aliphatic heterocycles. The smallest absolute Gasteiger partial charge is 0.410 e. The lowest BCUT2D eigenvalue weighted by Crippen LogP contribution is -2.64. The van der Waals surface area contributed by atoms with Crippen LogP contribution in [-0.2, 0) is 4.74 Å². The molecule has 2 aromatic heterocycles. The zero-order valence-corrected chi connectivity index (χ0v) is 22.6. The summed E-state index contributed by atoms with van der Waals surface area (Å²) in [6, 6.07) is 6.29. The van der Waals surface area contributed by atoms with Crippen molar-refractivity contribution in [2.75, 3.05) is 29.9 Å². The Morgan fingerprint density at radius 3 is 2.55 bits per heavy atom. The topological polar surface area (TPSA) is 92.7 Å². The number of halogens is 3. The molecule has 0 radical (unpaired) electrons. The Bertz CT molecular complexity index is 1460. The molecule has 212 valence electrons. The maximum absolute atomic E-state index is 14.9. The molecule has 1 saturated carbocycles. The predicted octanol–water partition coefficient (Wildman–Crippen LogP) is 5.52. The number of pyridine rings is 1. The number of amides is 1. The molecule has 40 heavy (non-hydrogen) atoms. The SMILES string of the molecule is CC(C)(C)OC(=O)N1CC2CC[C@H]1CN2c1ccc2ncnc(Nc3ccc(OCC4(F)CC4)c(F)c3F)c2n1. The molecular formula is C28H31F3N6O3. The summed E-state index contributed by atoms with van der Waals surface area (Å²) in [6.45, 7) is 6.37. The Kier molecular flexibility index (Phi) is 6.38. The first-order valence-corrected chi connectivity index (χ1v) is 13.4. The number of rotatable bonds is 6. The van der Waals surface area contributed by atoms with Crippen molar-refractivity contribution >= 4 is 34.4 Å². The number of hydrogen-bond acceptors (Lipinski definition) is 8. The lowest BCUT2D eigenvalue weighted by Gasteiger charge is -2.51. The summed E-state index contributed by atoms with van der Waals surface area (Å²) >= 11 is 0. The monoisotopic (exact) mass is 556 g/mol. The zero-order valence-electron chi connectivity index (χ0n) is 22.6. The number of carbonyl (C=O) groups excluding carboxylic acids is 1.